The second-order valence-electron chi connectivity index (χ2n) is 6.24. The first-order chi connectivity index (χ1) is 13.2. The van der Waals surface area contributed by atoms with E-state index in [-0.39, 0.29) is 0 Å². The van der Waals surface area contributed by atoms with Crippen LogP contribution in [0.3, 0.4) is 0 Å². The van der Waals surface area contributed by atoms with Gasteiger partial charge in [-0.25, -0.2) is 0 Å². The molecule has 0 aromatic heterocycles. The number of guanidine groups is 1. The quantitative estimate of drug-likeness (QED) is 0.354. The summed E-state index contributed by atoms with van der Waals surface area (Å²) in [5.41, 5.74) is 6.98. The lowest BCUT2D eigenvalue weighted by Crippen LogP contribution is -2.37. The lowest BCUT2D eigenvalue weighted by Gasteiger charge is -2.26. The van der Waals surface area contributed by atoms with Gasteiger partial charge in [-0.15, -0.1) is 0 Å². The fourth-order valence-corrected chi connectivity index (χ4v) is 3.06. The Morgan fingerprint density at radius 2 is 1.89 bits per heavy atom. The van der Waals surface area contributed by atoms with Crippen LogP contribution in [0.4, 0.5) is 0 Å². The van der Waals surface area contributed by atoms with Crippen LogP contribution in [0.5, 0.6) is 17.2 Å². The smallest absolute Gasteiger partial charge is 0.203 e. The molecule has 0 radical (unpaired) electrons. The Morgan fingerprint density at radius 1 is 1.15 bits per heavy atom. The van der Waals surface area contributed by atoms with E-state index in [1.54, 1.807) is 21.3 Å². The number of benzene rings is 1. The highest BCUT2D eigenvalue weighted by atomic mass is 16.5. The Bertz CT molecular complexity index is 604. The number of nitrogens with one attached hydrogen (secondary N) is 1. The minimum Gasteiger partial charge on any atom is -0.493 e. The summed E-state index contributed by atoms with van der Waals surface area (Å²) in [5.74, 6) is 2.39. The molecule has 1 aliphatic rings. The van der Waals surface area contributed by atoms with Gasteiger partial charge in [-0.05, 0) is 18.9 Å². The van der Waals surface area contributed by atoms with Crippen LogP contribution in [-0.2, 0) is 11.2 Å². The van der Waals surface area contributed by atoms with Crippen molar-refractivity contribution < 1.29 is 18.9 Å². The lowest BCUT2D eigenvalue weighted by atomic mass is 10.1. The fraction of sp³-hybridized carbons (Fsp3) is 0.632. The Balaban J connectivity index is 1.76. The van der Waals surface area contributed by atoms with Crippen LogP contribution in [0.25, 0.3) is 0 Å². The Labute approximate surface area is 161 Å². The molecule has 1 heterocycles. The first kappa shape index (κ1) is 21.1. The van der Waals surface area contributed by atoms with Crippen molar-refractivity contribution in [3.8, 4) is 17.2 Å². The van der Waals surface area contributed by atoms with Crippen molar-refractivity contribution in [3.05, 3.63) is 17.7 Å². The average molecular weight is 380 g/mol. The minimum atomic E-state index is 0.469. The molecular formula is C19H32N4O4. The highest BCUT2D eigenvalue weighted by Gasteiger charge is 2.15. The van der Waals surface area contributed by atoms with E-state index < -0.39 is 0 Å². The van der Waals surface area contributed by atoms with E-state index in [1.807, 2.05) is 12.1 Å². The van der Waals surface area contributed by atoms with E-state index in [0.29, 0.717) is 29.8 Å². The van der Waals surface area contributed by atoms with Crippen LogP contribution < -0.4 is 25.3 Å². The molecule has 27 heavy (non-hydrogen) atoms. The van der Waals surface area contributed by atoms with Gasteiger partial charge in [0.1, 0.15) is 0 Å². The molecule has 0 aliphatic carbocycles. The SMILES string of the molecule is COc1ccc(CCNC(N)=NCCCN2CCOCC2)c(OC)c1OC. The van der Waals surface area contributed by atoms with Gasteiger partial charge >= 0.3 is 0 Å². The fourth-order valence-electron chi connectivity index (χ4n) is 3.06. The zero-order valence-corrected chi connectivity index (χ0v) is 16.6. The molecule has 0 saturated carbocycles. The third-order valence-electron chi connectivity index (χ3n) is 4.50. The standard InChI is InChI=1S/C19H32N4O4/c1-24-16-6-5-15(17(25-2)18(16)26-3)7-9-22-19(20)21-8-4-10-23-11-13-27-14-12-23/h5-6H,4,7-14H2,1-3H3,(H3,20,21,22). The van der Waals surface area contributed by atoms with Crippen molar-refractivity contribution in [1.82, 2.24) is 10.2 Å². The number of morpholine rings is 1. The molecule has 1 aromatic rings. The highest BCUT2D eigenvalue weighted by Crippen LogP contribution is 2.39. The van der Waals surface area contributed by atoms with Crippen LogP contribution in [0.15, 0.2) is 17.1 Å². The van der Waals surface area contributed by atoms with Crippen molar-refractivity contribution in [2.24, 2.45) is 10.7 Å². The maximum Gasteiger partial charge on any atom is 0.203 e. The number of hydrogen-bond donors (Lipinski definition) is 2. The average Bonchev–Trinajstić information content (AvgIpc) is 2.71. The summed E-state index contributed by atoms with van der Waals surface area (Å²) >= 11 is 0. The summed E-state index contributed by atoms with van der Waals surface area (Å²) in [5, 5.41) is 3.15. The molecule has 0 unspecified atom stereocenters. The third-order valence-corrected chi connectivity index (χ3v) is 4.50. The second-order valence-corrected chi connectivity index (χ2v) is 6.24. The van der Waals surface area contributed by atoms with Crippen LogP contribution in [0.1, 0.15) is 12.0 Å². The van der Waals surface area contributed by atoms with Crippen molar-refractivity contribution >= 4 is 5.96 Å². The summed E-state index contributed by atoms with van der Waals surface area (Å²) < 4.78 is 21.6. The summed E-state index contributed by atoms with van der Waals surface area (Å²) in [4.78, 5) is 6.79. The van der Waals surface area contributed by atoms with Crippen LogP contribution in [0, 0.1) is 0 Å². The number of rotatable bonds is 10. The van der Waals surface area contributed by atoms with E-state index in [0.717, 1.165) is 57.8 Å². The first-order valence-electron chi connectivity index (χ1n) is 9.31. The van der Waals surface area contributed by atoms with Gasteiger partial charge in [-0.3, -0.25) is 9.89 Å². The van der Waals surface area contributed by atoms with Gasteiger partial charge in [0.05, 0.1) is 34.5 Å². The van der Waals surface area contributed by atoms with Crippen molar-refractivity contribution in [2.45, 2.75) is 12.8 Å². The number of ether oxygens (including phenoxy) is 4. The molecule has 0 amide bonds. The maximum atomic E-state index is 5.96. The van der Waals surface area contributed by atoms with Crippen LogP contribution >= 0.6 is 0 Å². The second kappa shape index (κ2) is 11.5. The predicted molar refractivity (Wildman–Crippen MR) is 106 cm³/mol. The van der Waals surface area contributed by atoms with Crippen LogP contribution in [0.2, 0.25) is 0 Å². The molecule has 8 heteroatoms. The first-order valence-corrected chi connectivity index (χ1v) is 9.31. The summed E-state index contributed by atoms with van der Waals surface area (Å²) in [6, 6.07) is 3.84. The van der Waals surface area contributed by atoms with Gasteiger partial charge in [0, 0.05) is 38.3 Å². The molecule has 8 nitrogen and oxygen atoms in total. The van der Waals surface area contributed by atoms with E-state index in [9.17, 15) is 0 Å². The van der Waals surface area contributed by atoms with Gasteiger partial charge in [-0.2, -0.15) is 0 Å². The van der Waals surface area contributed by atoms with Crippen molar-refractivity contribution in [1.29, 1.82) is 0 Å². The van der Waals surface area contributed by atoms with Gasteiger partial charge in [0.25, 0.3) is 0 Å². The number of aliphatic imine (C=N–C) groups is 1. The topological polar surface area (TPSA) is 90.6 Å². The van der Waals surface area contributed by atoms with Crippen molar-refractivity contribution in [3.63, 3.8) is 0 Å². The monoisotopic (exact) mass is 380 g/mol. The molecular weight excluding hydrogens is 348 g/mol. The van der Waals surface area contributed by atoms with Gasteiger partial charge in [-0.1, -0.05) is 6.07 Å². The Kier molecular flexibility index (Phi) is 9.00. The van der Waals surface area contributed by atoms with Crippen LogP contribution in [-0.4, -0.2) is 78.1 Å². The maximum absolute atomic E-state index is 5.96. The summed E-state index contributed by atoms with van der Waals surface area (Å²) in [6.07, 6.45) is 1.72. The number of nitrogens with zero attached hydrogens (tertiary/aromatic N) is 2. The minimum absolute atomic E-state index is 0.469. The predicted octanol–water partition coefficient (Wildman–Crippen LogP) is 0.882. The largest absolute Gasteiger partial charge is 0.493 e. The van der Waals surface area contributed by atoms with Crippen molar-refractivity contribution in [2.75, 3.05) is 67.3 Å². The normalized spacial score (nSPS) is 15.4. The number of hydrogen-bond acceptors (Lipinski definition) is 6. The van der Waals surface area contributed by atoms with E-state index in [2.05, 4.69) is 15.2 Å². The molecule has 0 spiro atoms. The molecule has 2 rings (SSSR count). The highest BCUT2D eigenvalue weighted by molar-refractivity contribution is 5.77. The summed E-state index contributed by atoms with van der Waals surface area (Å²) in [7, 11) is 4.83. The van der Waals surface area contributed by atoms with E-state index in [1.165, 1.54) is 0 Å². The molecule has 0 atom stereocenters. The molecule has 1 saturated heterocycles. The molecule has 1 fully saturated rings. The van der Waals surface area contributed by atoms with Gasteiger partial charge in [0.2, 0.25) is 5.75 Å². The van der Waals surface area contributed by atoms with Gasteiger partial charge < -0.3 is 30.0 Å². The van der Waals surface area contributed by atoms with E-state index >= 15 is 0 Å². The number of nitrogens with two attached hydrogens (primary N) is 1. The third kappa shape index (κ3) is 6.48. The zero-order valence-electron chi connectivity index (χ0n) is 16.6. The van der Waals surface area contributed by atoms with Gasteiger partial charge in [0.15, 0.2) is 17.5 Å². The molecule has 152 valence electrons. The Morgan fingerprint density at radius 3 is 2.56 bits per heavy atom. The molecule has 1 aliphatic heterocycles. The number of methoxy groups -OCH3 is 3. The molecule has 1 aromatic carbocycles. The Hall–Kier alpha value is -2.19. The zero-order chi connectivity index (χ0) is 19.5. The van der Waals surface area contributed by atoms with E-state index in [4.69, 9.17) is 24.7 Å². The molecule has 3 N–H and O–H groups in total. The summed E-state index contributed by atoms with van der Waals surface area (Å²) in [6.45, 7) is 6.07. The molecule has 0 bridgehead atoms. The lowest BCUT2D eigenvalue weighted by molar-refractivity contribution is 0.0377.